The highest BCUT2D eigenvalue weighted by molar-refractivity contribution is 6.09. The summed E-state index contributed by atoms with van der Waals surface area (Å²) in [6, 6.07) is 16.4. The van der Waals surface area contributed by atoms with E-state index < -0.39 is 35.1 Å². The maximum atomic E-state index is 13.9. The SMILES string of the molecule is Cc1ccc(C(=O)Nc2cccc(C3(C)NC(=O)NC3=O)c2)cc1NC(=O)c1ccccc1F. The van der Waals surface area contributed by atoms with Crippen LogP contribution in [-0.2, 0) is 10.3 Å². The maximum absolute atomic E-state index is 13.9. The zero-order chi connectivity index (χ0) is 24.5. The average Bonchev–Trinajstić information content (AvgIpc) is 3.07. The van der Waals surface area contributed by atoms with Crippen LogP contribution in [0.15, 0.2) is 66.7 Å². The number of rotatable bonds is 5. The third-order valence-corrected chi connectivity index (χ3v) is 5.61. The fraction of sp³-hybridized carbons (Fsp3) is 0.120. The largest absolute Gasteiger partial charge is 0.322 e. The molecule has 4 rings (SSSR count). The second-order valence-electron chi connectivity index (χ2n) is 8.03. The molecule has 172 valence electrons. The Bertz CT molecular complexity index is 1340. The van der Waals surface area contributed by atoms with Crippen molar-refractivity contribution in [2.75, 3.05) is 10.6 Å². The molecule has 1 unspecified atom stereocenters. The van der Waals surface area contributed by atoms with E-state index in [1.165, 1.54) is 24.3 Å². The van der Waals surface area contributed by atoms with Crippen LogP contribution in [0.25, 0.3) is 0 Å². The Hall–Kier alpha value is -4.53. The van der Waals surface area contributed by atoms with Gasteiger partial charge in [-0.3, -0.25) is 19.7 Å². The summed E-state index contributed by atoms with van der Waals surface area (Å²) in [6.45, 7) is 3.32. The highest BCUT2D eigenvalue weighted by atomic mass is 19.1. The molecule has 34 heavy (non-hydrogen) atoms. The normalized spacial score (nSPS) is 17.0. The van der Waals surface area contributed by atoms with Crippen LogP contribution in [0, 0.1) is 12.7 Å². The first-order chi connectivity index (χ1) is 16.2. The van der Waals surface area contributed by atoms with E-state index in [0.717, 1.165) is 0 Å². The number of hydrogen-bond donors (Lipinski definition) is 4. The Balaban J connectivity index is 1.53. The van der Waals surface area contributed by atoms with Crippen LogP contribution in [0.2, 0.25) is 0 Å². The Morgan fingerprint density at radius 1 is 0.912 bits per heavy atom. The van der Waals surface area contributed by atoms with Gasteiger partial charge in [0.05, 0.1) is 5.56 Å². The minimum absolute atomic E-state index is 0.106. The summed E-state index contributed by atoms with van der Waals surface area (Å²) in [4.78, 5) is 49.1. The molecule has 3 aromatic carbocycles. The summed E-state index contributed by atoms with van der Waals surface area (Å²) >= 11 is 0. The lowest BCUT2D eigenvalue weighted by Gasteiger charge is -2.21. The lowest BCUT2D eigenvalue weighted by atomic mass is 9.92. The number of halogens is 1. The van der Waals surface area contributed by atoms with Crippen molar-refractivity contribution in [2.45, 2.75) is 19.4 Å². The van der Waals surface area contributed by atoms with Gasteiger partial charge >= 0.3 is 6.03 Å². The van der Waals surface area contributed by atoms with Crippen molar-refractivity contribution in [3.8, 4) is 0 Å². The Morgan fingerprint density at radius 2 is 1.68 bits per heavy atom. The van der Waals surface area contributed by atoms with E-state index in [1.807, 2.05) is 0 Å². The number of aryl methyl sites for hydroxylation is 1. The van der Waals surface area contributed by atoms with E-state index in [9.17, 15) is 23.6 Å². The van der Waals surface area contributed by atoms with E-state index in [1.54, 1.807) is 56.3 Å². The number of benzene rings is 3. The lowest BCUT2D eigenvalue weighted by Crippen LogP contribution is -2.40. The predicted octanol–water partition coefficient (Wildman–Crippen LogP) is 3.69. The fourth-order valence-electron chi connectivity index (χ4n) is 3.59. The Labute approximate surface area is 194 Å². The van der Waals surface area contributed by atoms with E-state index in [-0.39, 0.29) is 11.1 Å². The molecule has 1 aliphatic rings. The zero-order valence-corrected chi connectivity index (χ0v) is 18.4. The molecule has 4 N–H and O–H groups in total. The second-order valence-corrected chi connectivity index (χ2v) is 8.03. The molecule has 0 saturated carbocycles. The maximum Gasteiger partial charge on any atom is 0.322 e. The minimum atomic E-state index is -1.26. The number of carbonyl (C=O) groups excluding carboxylic acids is 4. The van der Waals surface area contributed by atoms with Crippen molar-refractivity contribution in [3.63, 3.8) is 0 Å². The predicted molar refractivity (Wildman–Crippen MR) is 124 cm³/mol. The summed E-state index contributed by atoms with van der Waals surface area (Å²) in [5.74, 6) is -2.22. The van der Waals surface area contributed by atoms with Crippen LogP contribution in [0.1, 0.15) is 38.8 Å². The number of carbonyl (C=O) groups is 4. The molecule has 3 aromatic rings. The molecule has 1 aliphatic heterocycles. The van der Waals surface area contributed by atoms with Gasteiger partial charge in [-0.15, -0.1) is 0 Å². The minimum Gasteiger partial charge on any atom is -0.322 e. The molecule has 1 saturated heterocycles. The fourth-order valence-corrected chi connectivity index (χ4v) is 3.59. The van der Waals surface area contributed by atoms with Crippen molar-refractivity contribution in [3.05, 3.63) is 94.8 Å². The Morgan fingerprint density at radius 3 is 2.38 bits per heavy atom. The monoisotopic (exact) mass is 460 g/mol. The summed E-state index contributed by atoms with van der Waals surface area (Å²) in [5.41, 5.74) is 0.867. The van der Waals surface area contributed by atoms with Gasteiger partial charge in [0.15, 0.2) is 0 Å². The van der Waals surface area contributed by atoms with Crippen molar-refractivity contribution < 1.29 is 23.6 Å². The zero-order valence-electron chi connectivity index (χ0n) is 18.4. The van der Waals surface area contributed by atoms with Crippen LogP contribution in [0.4, 0.5) is 20.6 Å². The molecule has 1 fully saturated rings. The Kier molecular flexibility index (Phi) is 5.85. The molecular formula is C25H21FN4O4. The molecule has 1 atom stereocenters. The standard InChI is InChI=1S/C25H21FN4O4/c1-14-10-11-15(12-20(14)28-22(32)18-8-3-4-9-19(18)26)21(31)27-17-7-5-6-16(13-17)25(2)23(33)29-24(34)30-25/h3-13H,1-2H3,(H,27,31)(H,28,32)(H2,29,30,33,34). The third-order valence-electron chi connectivity index (χ3n) is 5.61. The number of anilines is 2. The van der Waals surface area contributed by atoms with E-state index in [0.29, 0.717) is 22.5 Å². The molecule has 0 radical (unpaired) electrons. The van der Waals surface area contributed by atoms with Gasteiger partial charge in [0.2, 0.25) is 0 Å². The molecule has 0 aromatic heterocycles. The van der Waals surface area contributed by atoms with E-state index in [4.69, 9.17) is 0 Å². The van der Waals surface area contributed by atoms with Gasteiger partial charge in [0, 0.05) is 16.9 Å². The van der Waals surface area contributed by atoms with Gasteiger partial charge in [-0.25, -0.2) is 9.18 Å². The highest BCUT2D eigenvalue weighted by Gasteiger charge is 2.43. The van der Waals surface area contributed by atoms with Crippen molar-refractivity contribution in [1.82, 2.24) is 10.6 Å². The summed E-state index contributed by atoms with van der Waals surface area (Å²) in [6.07, 6.45) is 0. The molecule has 0 bridgehead atoms. The van der Waals surface area contributed by atoms with Crippen LogP contribution < -0.4 is 21.3 Å². The molecule has 0 aliphatic carbocycles. The number of urea groups is 1. The summed E-state index contributed by atoms with van der Waals surface area (Å²) < 4.78 is 13.9. The molecule has 1 heterocycles. The first kappa shape index (κ1) is 22.7. The van der Waals surface area contributed by atoms with Crippen molar-refractivity contribution in [2.24, 2.45) is 0 Å². The van der Waals surface area contributed by atoms with Crippen LogP contribution in [0.3, 0.4) is 0 Å². The first-order valence-electron chi connectivity index (χ1n) is 10.4. The van der Waals surface area contributed by atoms with Crippen LogP contribution in [-0.4, -0.2) is 23.8 Å². The highest BCUT2D eigenvalue weighted by Crippen LogP contribution is 2.27. The van der Waals surface area contributed by atoms with Crippen molar-refractivity contribution >= 4 is 35.1 Å². The number of nitrogens with one attached hydrogen (secondary N) is 4. The molecule has 9 heteroatoms. The van der Waals surface area contributed by atoms with Gasteiger partial charge in [0.1, 0.15) is 11.4 Å². The number of hydrogen-bond acceptors (Lipinski definition) is 4. The average molecular weight is 460 g/mol. The summed E-state index contributed by atoms with van der Waals surface area (Å²) in [5, 5.41) is 10.2. The quantitative estimate of drug-likeness (QED) is 0.435. The van der Waals surface area contributed by atoms with E-state index in [2.05, 4.69) is 21.3 Å². The molecule has 0 spiro atoms. The van der Waals surface area contributed by atoms with Crippen LogP contribution in [0.5, 0.6) is 0 Å². The van der Waals surface area contributed by atoms with Gasteiger partial charge in [-0.1, -0.05) is 30.3 Å². The number of amides is 5. The first-order valence-corrected chi connectivity index (χ1v) is 10.4. The van der Waals surface area contributed by atoms with Crippen LogP contribution >= 0.6 is 0 Å². The van der Waals surface area contributed by atoms with Gasteiger partial charge in [0.25, 0.3) is 17.7 Å². The van der Waals surface area contributed by atoms with Gasteiger partial charge in [-0.05, 0) is 61.4 Å². The van der Waals surface area contributed by atoms with E-state index >= 15 is 0 Å². The molecular weight excluding hydrogens is 439 g/mol. The second kappa shape index (κ2) is 8.78. The topological polar surface area (TPSA) is 116 Å². The summed E-state index contributed by atoms with van der Waals surface area (Å²) in [7, 11) is 0. The molecule has 8 nitrogen and oxygen atoms in total. The molecule has 5 amide bonds. The van der Waals surface area contributed by atoms with Gasteiger partial charge < -0.3 is 16.0 Å². The van der Waals surface area contributed by atoms with Gasteiger partial charge in [-0.2, -0.15) is 0 Å². The number of imide groups is 1. The van der Waals surface area contributed by atoms with Crippen molar-refractivity contribution in [1.29, 1.82) is 0 Å². The third kappa shape index (κ3) is 4.36. The smallest absolute Gasteiger partial charge is 0.322 e. The lowest BCUT2D eigenvalue weighted by molar-refractivity contribution is -0.123.